The molecule has 0 amide bonds. The van der Waals surface area contributed by atoms with Crippen molar-refractivity contribution >= 4 is 17.4 Å². The van der Waals surface area contributed by atoms with Crippen molar-refractivity contribution in [2.45, 2.75) is 20.4 Å². The van der Waals surface area contributed by atoms with Crippen molar-refractivity contribution in [1.29, 1.82) is 0 Å². The quantitative estimate of drug-likeness (QED) is 0.731. The first-order chi connectivity index (χ1) is 7.99. The maximum Gasteiger partial charge on any atom is 0.268 e. The van der Waals surface area contributed by atoms with E-state index in [4.69, 9.17) is 11.5 Å². The van der Waals surface area contributed by atoms with Gasteiger partial charge in [-0.2, -0.15) is 5.10 Å². The molecule has 90 valence electrons. The van der Waals surface area contributed by atoms with Gasteiger partial charge in [-0.05, 0) is 13.8 Å². The van der Waals surface area contributed by atoms with Crippen LogP contribution >= 0.6 is 0 Å². The second-order valence-corrected chi connectivity index (χ2v) is 3.73. The predicted molar refractivity (Wildman–Crippen MR) is 61.2 cm³/mol. The number of hydrogen-bond donors (Lipinski definition) is 2. The van der Waals surface area contributed by atoms with Gasteiger partial charge in [-0.3, -0.25) is 4.79 Å². The number of nitrogens with zero attached hydrogens (tertiary/aromatic N) is 5. The summed E-state index contributed by atoms with van der Waals surface area (Å²) in [4.78, 5) is 11.9. The Morgan fingerprint density at radius 2 is 2.12 bits per heavy atom. The van der Waals surface area contributed by atoms with Crippen molar-refractivity contribution in [2.75, 3.05) is 11.5 Å². The van der Waals surface area contributed by atoms with Crippen LogP contribution in [0.5, 0.6) is 0 Å². The maximum absolute atomic E-state index is 11.9. The minimum atomic E-state index is -0.243. The monoisotopic (exact) mass is 235 g/mol. The lowest BCUT2D eigenvalue weighted by Crippen LogP contribution is -2.20. The summed E-state index contributed by atoms with van der Waals surface area (Å²) >= 11 is 0. The fourth-order valence-electron chi connectivity index (χ4n) is 1.49. The van der Waals surface area contributed by atoms with Gasteiger partial charge in [0.05, 0.1) is 23.3 Å². The Bertz CT molecular complexity index is 568. The van der Waals surface area contributed by atoms with Crippen molar-refractivity contribution in [1.82, 2.24) is 24.8 Å². The molecule has 0 atom stereocenters. The fourth-order valence-corrected chi connectivity index (χ4v) is 1.49. The molecule has 8 nitrogen and oxygen atoms in total. The molecule has 0 spiro atoms. The van der Waals surface area contributed by atoms with Crippen molar-refractivity contribution in [2.24, 2.45) is 0 Å². The van der Waals surface area contributed by atoms with E-state index in [2.05, 4.69) is 15.4 Å². The van der Waals surface area contributed by atoms with Gasteiger partial charge >= 0.3 is 0 Å². The highest BCUT2D eigenvalue weighted by Crippen LogP contribution is 2.14. The molecule has 0 saturated heterocycles. The molecule has 0 radical (unpaired) electrons. The molecule has 0 aliphatic rings. The van der Waals surface area contributed by atoms with Crippen LogP contribution in [0.1, 0.15) is 16.2 Å². The van der Waals surface area contributed by atoms with E-state index in [-0.39, 0.29) is 18.3 Å². The lowest BCUT2D eigenvalue weighted by Gasteiger charge is -2.02. The van der Waals surface area contributed by atoms with Crippen LogP contribution in [0.2, 0.25) is 0 Å². The molecule has 2 aromatic heterocycles. The molecule has 0 unspecified atom stereocenters. The molecule has 0 fully saturated rings. The van der Waals surface area contributed by atoms with E-state index in [1.165, 1.54) is 15.6 Å². The third-order valence-corrected chi connectivity index (χ3v) is 2.44. The van der Waals surface area contributed by atoms with Crippen LogP contribution in [0, 0.1) is 13.8 Å². The molecule has 0 aliphatic carbocycles. The number of nitrogens with two attached hydrogens (primary N) is 2. The average molecular weight is 235 g/mol. The summed E-state index contributed by atoms with van der Waals surface area (Å²) in [5, 5.41) is 11.3. The molecule has 0 aromatic carbocycles. The first kappa shape index (κ1) is 11.1. The number of carbonyl (C=O) groups excluding carboxylic acids is 1. The average Bonchev–Trinajstić information content (AvgIpc) is 2.78. The van der Waals surface area contributed by atoms with Crippen molar-refractivity contribution in [3.05, 3.63) is 17.6 Å². The van der Waals surface area contributed by atoms with Gasteiger partial charge in [0.2, 0.25) is 0 Å². The zero-order valence-electron chi connectivity index (χ0n) is 9.58. The molecule has 2 heterocycles. The summed E-state index contributed by atoms with van der Waals surface area (Å²) in [6.07, 6.45) is 1.48. The molecule has 0 saturated carbocycles. The van der Waals surface area contributed by atoms with E-state index in [9.17, 15) is 4.79 Å². The minimum absolute atomic E-state index is 0.0194. The summed E-state index contributed by atoms with van der Waals surface area (Å²) in [5.74, 6) is 0.0258. The molecular weight excluding hydrogens is 222 g/mol. The number of carbonyl (C=O) groups is 1. The summed E-state index contributed by atoms with van der Waals surface area (Å²) in [6, 6.07) is 0. The second kappa shape index (κ2) is 3.89. The number of nitrogen functional groups attached to an aromatic ring is 2. The maximum atomic E-state index is 11.9. The highest BCUT2D eigenvalue weighted by Gasteiger charge is 2.15. The standard InChI is InChI=1S/C9H13N7O/c1-5-9(11)6(2)16(13-5)8(17)4-15-3-7(10)12-14-15/h3H,4,10-11H2,1-2H3. The highest BCUT2D eigenvalue weighted by molar-refractivity contribution is 5.80. The Balaban J connectivity index is 2.23. The summed E-state index contributed by atoms with van der Waals surface area (Å²) in [6.45, 7) is 3.51. The van der Waals surface area contributed by atoms with Gasteiger partial charge in [0.25, 0.3) is 5.91 Å². The van der Waals surface area contributed by atoms with Gasteiger partial charge in [-0.25, -0.2) is 9.36 Å². The lowest BCUT2D eigenvalue weighted by molar-refractivity contribution is 0.0866. The van der Waals surface area contributed by atoms with Gasteiger partial charge in [-0.15, -0.1) is 5.10 Å². The van der Waals surface area contributed by atoms with Crippen LogP contribution in [-0.4, -0.2) is 30.7 Å². The number of aromatic nitrogens is 5. The molecular formula is C9H13N7O. The van der Waals surface area contributed by atoms with E-state index >= 15 is 0 Å². The Morgan fingerprint density at radius 1 is 1.41 bits per heavy atom. The molecule has 17 heavy (non-hydrogen) atoms. The minimum Gasteiger partial charge on any atom is -0.396 e. The van der Waals surface area contributed by atoms with E-state index in [1.54, 1.807) is 13.8 Å². The molecule has 0 aliphatic heterocycles. The van der Waals surface area contributed by atoms with Crippen LogP contribution in [0.3, 0.4) is 0 Å². The van der Waals surface area contributed by atoms with Gasteiger partial charge in [0, 0.05) is 0 Å². The molecule has 2 rings (SSSR count). The van der Waals surface area contributed by atoms with Crippen molar-refractivity contribution in [3.8, 4) is 0 Å². The summed E-state index contributed by atoms with van der Waals surface area (Å²) in [7, 11) is 0. The third kappa shape index (κ3) is 1.96. The molecule has 0 bridgehead atoms. The number of aryl methyl sites for hydroxylation is 1. The van der Waals surface area contributed by atoms with Crippen LogP contribution in [0.4, 0.5) is 11.5 Å². The Labute approximate surface area is 97.2 Å². The lowest BCUT2D eigenvalue weighted by atomic mass is 10.3. The normalized spacial score (nSPS) is 10.7. The number of rotatable bonds is 2. The van der Waals surface area contributed by atoms with Gasteiger partial charge < -0.3 is 11.5 Å². The van der Waals surface area contributed by atoms with E-state index in [0.717, 1.165) is 0 Å². The first-order valence-corrected chi connectivity index (χ1v) is 4.99. The highest BCUT2D eigenvalue weighted by atomic mass is 16.2. The Kier molecular flexibility index (Phi) is 2.54. The Hall–Kier alpha value is -2.38. The van der Waals surface area contributed by atoms with Crippen LogP contribution in [-0.2, 0) is 6.54 Å². The summed E-state index contributed by atoms with van der Waals surface area (Å²) in [5.41, 5.74) is 12.9. The third-order valence-electron chi connectivity index (χ3n) is 2.44. The predicted octanol–water partition coefficient (Wildman–Crippen LogP) is -0.404. The molecule has 4 N–H and O–H groups in total. The second-order valence-electron chi connectivity index (χ2n) is 3.73. The topological polar surface area (TPSA) is 118 Å². The molecule has 8 heteroatoms. The van der Waals surface area contributed by atoms with Crippen LogP contribution < -0.4 is 11.5 Å². The van der Waals surface area contributed by atoms with Crippen LogP contribution in [0.15, 0.2) is 6.20 Å². The SMILES string of the molecule is Cc1nn(C(=O)Cn2cc(N)nn2)c(C)c1N. The first-order valence-electron chi connectivity index (χ1n) is 4.99. The zero-order valence-corrected chi connectivity index (χ0v) is 9.58. The van der Waals surface area contributed by atoms with Crippen molar-refractivity contribution < 1.29 is 4.79 Å². The molecule has 2 aromatic rings. The fraction of sp³-hybridized carbons (Fsp3) is 0.333. The van der Waals surface area contributed by atoms with E-state index < -0.39 is 0 Å². The zero-order chi connectivity index (χ0) is 12.6. The van der Waals surface area contributed by atoms with Crippen LogP contribution in [0.25, 0.3) is 0 Å². The number of hydrogen-bond acceptors (Lipinski definition) is 6. The number of anilines is 2. The largest absolute Gasteiger partial charge is 0.396 e. The van der Waals surface area contributed by atoms with E-state index in [1.807, 2.05) is 0 Å². The van der Waals surface area contributed by atoms with Gasteiger partial charge in [0.15, 0.2) is 5.82 Å². The van der Waals surface area contributed by atoms with Gasteiger partial charge in [0.1, 0.15) is 6.54 Å². The summed E-state index contributed by atoms with van der Waals surface area (Å²) < 4.78 is 2.62. The van der Waals surface area contributed by atoms with Gasteiger partial charge in [-0.1, -0.05) is 5.21 Å². The Morgan fingerprint density at radius 3 is 2.59 bits per heavy atom. The van der Waals surface area contributed by atoms with E-state index in [0.29, 0.717) is 17.1 Å². The van der Waals surface area contributed by atoms with Crippen molar-refractivity contribution in [3.63, 3.8) is 0 Å². The smallest absolute Gasteiger partial charge is 0.268 e.